The van der Waals surface area contributed by atoms with Gasteiger partial charge in [-0.05, 0) is 37.3 Å². The maximum Gasteiger partial charge on any atom is 0.418 e. The van der Waals surface area contributed by atoms with E-state index in [1.807, 2.05) is 0 Å². The Kier molecular flexibility index (Phi) is 6.12. The van der Waals surface area contributed by atoms with E-state index in [1.165, 1.54) is 37.7 Å². The molecule has 1 amide bonds. The van der Waals surface area contributed by atoms with E-state index >= 15 is 0 Å². The fourth-order valence-corrected chi connectivity index (χ4v) is 2.68. The lowest BCUT2D eigenvalue weighted by molar-refractivity contribution is -0.137. The molecule has 0 aliphatic carbocycles. The van der Waals surface area contributed by atoms with Crippen LogP contribution in [0, 0.1) is 0 Å². The number of amides is 1. The molecule has 6 nitrogen and oxygen atoms in total. The first kappa shape index (κ1) is 21.4. The molecule has 0 spiro atoms. The number of nitrogens with one attached hydrogen (secondary N) is 1. The molecule has 0 bridgehead atoms. The first-order valence-corrected chi connectivity index (χ1v) is 8.90. The molecule has 0 radical (unpaired) electrons. The van der Waals surface area contributed by atoms with Crippen LogP contribution in [0.2, 0.25) is 5.02 Å². The van der Waals surface area contributed by atoms with Gasteiger partial charge >= 0.3 is 12.1 Å². The summed E-state index contributed by atoms with van der Waals surface area (Å²) < 4.78 is 49.6. The monoisotopic (exact) mass is 438 g/mol. The number of benzene rings is 2. The minimum atomic E-state index is -4.72. The standard InChI is InChI=1S/C20H14ClF3N2O4/c1-11(18(27)26-16-7-6-14(21)8-15(16)20(22,23)24)30-19(28)13-4-2-12(3-5-13)17-9-25-10-29-17/h2-11H,1H3,(H,26,27). The number of alkyl halides is 3. The van der Waals surface area contributed by atoms with E-state index in [9.17, 15) is 22.8 Å². The molecule has 30 heavy (non-hydrogen) atoms. The van der Waals surface area contributed by atoms with E-state index in [1.54, 1.807) is 12.1 Å². The molecule has 156 valence electrons. The maximum absolute atomic E-state index is 13.1. The van der Waals surface area contributed by atoms with Gasteiger partial charge in [0.15, 0.2) is 18.3 Å². The van der Waals surface area contributed by atoms with E-state index < -0.39 is 35.4 Å². The van der Waals surface area contributed by atoms with Gasteiger partial charge in [0.25, 0.3) is 5.91 Å². The van der Waals surface area contributed by atoms with E-state index in [4.69, 9.17) is 20.8 Å². The zero-order valence-electron chi connectivity index (χ0n) is 15.4. The van der Waals surface area contributed by atoms with Crippen LogP contribution < -0.4 is 5.32 Å². The molecular formula is C20H14ClF3N2O4. The lowest BCUT2D eigenvalue weighted by atomic mass is 10.1. The number of rotatable bonds is 5. The minimum Gasteiger partial charge on any atom is -0.449 e. The van der Waals surface area contributed by atoms with Gasteiger partial charge in [-0.2, -0.15) is 13.2 Å². The van der Waals surface area contributed by atoms with Crippen molar-refractivity contribution in [3.8, 4) is 11.3 Å². The fourth-order valence-electron chi connectivity index (χ4n) is 2.51. The molecule has 1 aromatic heterocycles. The maximum atomic E-state index is 13.1. The number of hydrogen-bond donors (Lipinski definition) is 1. The number of esters is 1. The Morgan fingerprint density at radius 2 is 1.87 bits per heavy atom. The summed E-state index contributed by atoms with van der Waals surface area (Å²) in [6.07, 6.45) is -3.30. The van der Waals surface area contributed by atoms with Gasteiger partial charge in [-0.1, -0.05) is 23.7 Å². The highest BCUT2D eigenvalue weighted by atomic mass is 35.5. The van der Waals surface area contributed by atoms with Crippen molar-refractivity contribution in [1.29, 1.82) is 0 Å². The first-order chi connectivity index (χ1) is 14.1. The van der Waals surface area contributed by atoms with Crippen LogP contribution in [0.15, 0.2) is 59.5 Å². The van der Waals surface area contributed by atoms with Crippen molar-refractivity contribution in [3.63, 3.8) is 0 Å². The molecule has 1 N–H and O–H groups in total. The van der Waals surface area contributed by atoms with Crippen molar-refractivity contribution in [2.24, 2.45) is 0 Å². The summed E-state index contributed by atoms with van der Waals surface area (Å²) in [5, 5.41) is 1.98. The van der Waals surface area contributed by atoms with Gasteiger partial charge in [0.2, 0.25) is 0 Å². The van der Waals surface area contributed by atoms with Gasteiger partial charge in [0.05, 0.1) is 23.0 Å². The van der Waals surface area contributed by atoms with Crippen molar-refractivity contribution >= 4 is 29.2 Å². The summed E-state index contributed by atoms with van der Waals surface area (Å²) in [6.45, 7) is 1.25. The molecular weight excluding hydrogens is 425 g/mol. The van der Waals surface area contributed by atoms with Crippen molar-refractivity contribution in [1.82, 2.24) is 4.98 Å². The lowest BCUT2D eigenvalue weighted by Gasteiger charge is -2.17. The van der Waals surface area contributed by atoms with Gasteiger partial charge in [-0.3, -0.25) is 4.79 Å². The largest absolute Gasteiger partial charge is 0.449 e. The summed E-state index contributed by atoms with van der Waals surface area (Å²) in [5.41, 5.74) is -0.765. The van der Waals surface area contributed by atoms with Gasteiger partial charge in [-0.25, -0.2) is 9.78 Å². The first-order valence-electron chi connectivity index (χ1n) is 8.52. The van der Waals surface area contributed by atoms with E-state index in [0.717, 1.165) is 6.07 Å². The van der Waals surface area contributed by atoms with Crippen molar-refractivity contribution < 1.29 is 31.9 Å². The normalized spacial score (nSPS) is 12.3. The molecule has 1 unspecified atom stereocenters. The Bertz CT molecular complexity index is 1050. The van der Waals surface area contributed by atoms with E-state index in [2.05, 4.69) is 10.3 Å². The second-order valence-corrected chi connectivity index (χ2v) is 6.60. The molecule has 0 fully saturated rings. The van der Waals surface area contributed by atoms with Gasteiger partial charge in [0, 0.05) is 10.6 Å². The third kappa shape index (κ3) is 4.98. The molecule has 0 aliphatic rings. The number of halogens is 4. The average molecular weight is 439 g/mol. The van der Waals surface area contributed by atoms with Crippen LogP contribution in [-0.4, -0.2) is 23.0 Å². The molecule has 2 aromatic carbocycles. The zero-order valence-corrected chi connectivity index (χ0v) is 16.1. The third-order valence-corrected chi connectivity index (χ3v) is 4.27. The Morgan fingerprint density at radius 1 is 1.17 bits per heavy atom. The second-order valence-electron chi connectivity index (χ2n) is 6.17. The Morgan fingerprint density at radius 3 is 2.47 bits per heavy atom. The molecule has 0 saturated heterocycles. The number of ether oxygens (including phenoxy) is 1. The highest BCUT2D eigenvalue weighted by Crippen LogP contribution is 2.36. The number of anilines is 1. The van der Waals surface area contributed by atoms with Crippen molar-refractivity contribution in [2.45, 2.75) is 19.2 Å². The Balaban J connectivity index is 1.67. The molecule has 0 saturated carbocycles. The fraction of sp³-hybridized carbons (Fsp3) is 0.150. The van der Waals surface area contributed by atoms with Crippen LogP contribution in [0.1, 0.15) is 22.8 Å². The van der Waals surface area contributed by atoms with Crippen LogP contribution in [0.4, 0.5) is 18.9 Å². The molecule has 1 heterocycles. The summed E-state index contributed by atoms with van der Waals surface area (Å²) >= 11 is 5.61. The Labute approximate surface area is 173 Å². The zero-order chi connectivity index (χ0) is 21.9. The smallest absolute Gasteiger partial charge is 0.418 e. The summed E-state index contributed by atoms with van der Waals surface area (Å²) in [5.74, 6) is -1.23. The van der Waals surface area contributed by atoms with Crippen LogP contribution in [0.25, 0.3) is 11.3 Å². The predicted octanol–water partition coefficient (Wildman–Crippen LogP) is 5.20. The molecule has 3 aromatic rings. The minimum absolute atomic E-state index is 0.131. The van der Waals surface area contributed by atoms with Crippen LogP contribution in [-0.2, 0) is 15.7 Å². The quantitative estimate of drug-likeness (QED) is 0.554. The summed E-state index contributed by atoms with van der Waals surface area (Å²) in [6, 6.07) is 9.07. The predicted molar refractivity (Wildman–Crippen MR) is 102 cm³/mol. The van der Waals surface area contributed by atoms with Crippen LogP contribution in [0.5, 0.6) is 0 Å². The molecule has 0 aliphatic heterocycles. The number of carbonyl (C=O) groups is 2. The topological polar surface area (TPSA) is 81.4 Å². The number of nitrogens with zero attached hydrogens (tertiary/aromatic N) is 1. The van der Waals surface area contributed by atoms with Crippen molar-refractivity contribution in [3.05, 3.63) is 71.2 Å². The van der Waals surface area contributed by atoms with Gasteiger partial charge in [0.1, 0.15) is 0 Å². The van der Waals surface area contributed by atoms with Crippen LogP contribution in [0.3, 0.4) is 0 Å². The van der Waals surface area contributed by atoms with E-state index in [-0.39, 0.29) is 10.6 Å². The highest BCUT2D eigenvalue weighted by Gasteiger charge is 2.34. The molecule has 3 rings (SSSR count). The third-order valence-electron chi connectivity index (χ3n) is 4.04. The summed E-state index contributed by atoms with van der Waals surface area (Å²) in [7, 11) is 0. The number of oxazole rings is 1. The highest BCUT2D eigenvalue weighted by molar-refractivity contribution is 6.30. The SMILES string of the molecule is CC(OC(=O)c1ccc(-c2cnco2)cc1)C(=O)Nc1ccc(Cl)cc1C(F)(F)F. The molecule has 10 heteroatoms. The number of hydrogen-bond acceptors (Lipinski definition) is 5. The van der Waals surface area contributed by atoms with E-state index in [0.29, 0.717) is 17.4 Å². The van der Waals surface area contributed by atoms with Gasteiger partial charge in [-0.15, -0.1) is 0 Å². The molecule has 1 atom stereocenters. The number of aromatic nitrogens is 1. The number of carbonyl (C=O) groups excluding carboxylic acids is 2. The van der Waals surface area contributed by atoms with Crippen LogP contribution >= 0.6 is 11.6 Å². The average Bonchev–Trinajstić information content (AvgIpc) is 3.23. The van der Waals surface area contributed by atoms with Gasteiger partial charge < -0.3 is 14.5 Å². The second kappa shape index (κ2) is 8.58. The lowest BCUT2D eigenvalue weighted by Crippen LogP contribution is -2.30. The van der Waals surface area contributed by atoms with Crippen molar-refractivity contribution in [2.75, 3.05) is 5.32 Å². The summed E-state index contributed by atoms with van der Waals surface area (Å²) in [4.78, 5) is 28.3. The Hall–Kier alpha value is -3.33.